The van der Waals surface area contributed by atoms with Gasteiger partial charge in [-0.15, -0.1) is 4.48 Å². The van der Waals surface area contributed by atoms with Crippen molar-refractivity contribution in [2.75, 3.05) is 10.9 Å². The van der Waals surface area contributed by atoms with E-state index in [0.29, 0.717) is 0 Å². The van der Waals surface area contributed by atoms with Gasteiger partial charge in [0, 0.05) is 0 Å². The van der Waals surface area contributed by atoms with E-state index in [1.807, 2.05) is 0 Å². The van der Waals surface area contributed by atoms with Crippen LogP contribution in [-0.2, 0) is 0 Å². The molecule has 0 atom stereocenters. The molecule has 0 aliphatic heterocycles. The lowest BCUT2D eigenvalue weighted by Crippen LogP contribution is -1.98. The Morgan fingerprint density at radius 3 is 2.27 bits per heavy atom. The van der Waals surface area contributed by atoms with Gasteiger partial charge in [-0.3, -0.25) is 0 Å². The Morgan fingerprint density at radius 2 is 1.82 bits per heavy atom. The van der Waals surface area contributed by atoms with Gasteiger partial charge < -0.3 is 0 Å². The summed E-state index contributed by atoms with van der Waals surface area (Å²) in [5.41, 5.74) is 0.412. The fraction of sp³-hybridized carbons (Fsp3) is 0. The highest BCUT2D eigenvalue weighted by Crippen LogP contribution is 2.25. The van der Waals surface area contributed by atoms with Crippen molar-refractivity contribution in [3.63, 3.8) is 0 Å². The van der Waals surface area contributed by atoms with Crippen molar-refractivity contribution in [3.05, 3.63) is 24.3 Å². The Labute approximate surface area is 61.0 Å². The second-order valence-corrected chi connectivity index (χ2v) is 1.84. The van der Waals surface area contributed by atoms with E-state index in [9.17, 15) is 13.4 Å². The lowest BCUT2D eigenvalue weighted by molar-refractivity contribution is 0.235. The van der Waals surface area contributed by atoms with Crippen LogP contribution in [0.3, 0.4) is 0 Å². The molecule has 0 saturated carbocycles. The number of para-hydroxylation sites is 2. The van der Waals surface area contributed by atoms with Crippen LogP contribution >= 0.6 is 0 Å². The van der Waals surface area contributed by atoms with Crippen LogP contribution in [0.5, 0.6) is 0 Å². The third-order valence-electron chi connectivity index (χ3n) is 1.19. The fourth-order valence-electron chi connectivity index (χ4n) is 0.701. The number of halogens is 3. The average molecular weight is 162 g/mol. The maximum absolute atomic E-state index is 11.8. The molecular formula is C6H5F3N2. The molecule has 0 aromatic heterocycles. The number of anilines is 2. The van der Waals surface area contributed by atoms with Crippen LogP contribution in [0.15, 0.2) is 24.3 Å². The van der Waals surface area contributed by atoms with Crippen LogP contribution in [0.1, 0.15) is 0 Å². The Morgan fingerprint density at radius 1 is 1.18 bits per heavy atom. The number of hydrogen-bond acceptors (Lipinski definition) is 2. The first-order valence-electron chi connectivity index (χ1n) is 2.83. The zero-order valence-corrected chi connectivity index (χ0v) is 5.39. The second kappa shape index (κ2) is 3.14. The monoisotopic (exact) mass is 162 g/mol. The summed E-state index contributed by atoms with van der Waals surface area (Å²) in [7, 11) is 0. The average Bonchev–Trinajstić information content (AvgIpc) is 2.04. The Kier molecular flexibility index (Phi) is 2.20. The quantitative estimate of drug-likeness (QED) is 0.672. The molecule has 0 unspecified atom stereocenters. The largest absolute Gasteiger partial charge is 0.222 e. The highest BCUT2D eigenvalue weighted by molar-refractivity contribution is 5.66. The van der Waals surface area contributed by atoms with E-state index >= 15 is 0 Å². The highest BCUT2D eigenvalue weighted by atomic mass is 19.4. The number of benzene rings is 1. The van der Waals surface area contributed by atoms with E-state index in [-0.39, 0.29) is 5.69 Å². The summed E-state index contributed by atoms with van der Waals surface area (Å²) in [5, 5.41) is -1.15. The van der Waals surface area contributed by atoms with E-state index < -0.39 is 11.0 Å². The van der Waals surface area contributed by atoms with Gasteiger partial charge >= 0.3 is 0 Å². The van der Waals surface area contributed by atoms with Gasteiger partial charge in [0.05, 0.1) is 5.69 Å². The molecule has 2 nitrogen and oxygen atoms in total. The van der Waals surface area contributed by atoms with E-state index in [0.717, 1.165) is 11.6 Å². The minimum absolute atomic E-state index is 0.252. The van der Waals surface area contributed by atoms with Crippen LogP contribution in [0.4, 0.5) is 24.8 Å². The molecule has 0 spiro atoms. The summed E-state index contributed by atoms with van der Waals surface area (Å²) in [6, 6.07) is 5.15. The summed E-state index contributed by atoms with van der Waals surface area (Å²) in [5.74, 6) is 0. The van der Waals surface area contributed by atoms with Crippen LogP contribution in [0.2, 0.25) is 0 Å². The predicted molar refractivity (Wildman–Crippen MR) is 35.9 cm³/mol. The first kappa shape index (κ1) is 7.71. The van der Waals surface area contributed by atoms with Crippen molar-refractivity contribution < 1.29 is 13.4 Å². The number of hydrogen-bond donors (Lipinski definition) is 1. The zero-order valence-electron chi connectivity index (χ0n) is 5.39. The molecule has 0 heterocycles. The van der Waals surface area contributed by atoms with E-state index in [1.165, 1.54) is 18.2 Å². The highest BCUT2D eigenvalue weighted by Gasteiger charge is 2.07. The Balaban J connectivity index is 3.02. The van der Waals surface area contributed by atoms with Crippen molar-refractivity contribution in [2.24, 2.45) is 0 Å². The molecule has 0 aliphatic carbocycles. The van der Waals surface area contributed by atoms with Gasteiger partial charge in [-0.1, -0.05) is 21.1 Å². The molecule has 1 N–H and O–H groups in total. The van der Waals surface area contributed by atoms with Gasteiger partial charge in [0.2, 0.25) is 0 Å². The smallest absolute Gasteiger partial charge is 0.131 e. The summed E-state index contributed by atoms with van der Waals surface area (Å²) < 4.78 is 35.4. The van der Waals surface area contributed by atoms with Crippen LogP contribution < -0.4 is 10.9 Å². The van der Waals surface area contributed by atoms with Crippen molar-refractivity contribution in [1.29, 1.82) is 0 Å². The maximum Gasteiger partial charge on any atom is 0.131 e. The molecule has 0 fully saturated rings. The fourth-order valence-corrected chi connectivity index (χ4v) is 0.701. The molecule has 0 amide bonds. The molecule has 5 heteroatoms. The van der Waals surface area contributed by atoms with Crippen molar-refractivity contribution in [2.45, 2.75) is 0 Å². The molecule has 1 aromatic rings. The van der Waals surface area contributed by atoms with Crippen LogP contribution in [0, 0.1) is 0 Å². The van der Waals surface area contributed by atoms with E-state index in [1.54, 1.807) is 0 Å². The molecule has 0 radical (unpaired) electrons. The van der Waals surface area contributed by atoms with Crippen molar-refractivity contribution >= 4 is 11.4 Å². The topological polar surface area (TPSA) is 15.3 Å². The number of nitrogens with zero attached hydrogens (tertiary/aromatic N) is 1. The lowest BCUT2D eigenvalue weighted by Gasteiger charge is -2.05. The predicted octanol–water partition coefficient (Wildman–Crippen LogP) is 2.56. The molecule has 0 aliphatic rings. The Bertz CT molecular complexity index is 239. The summed E-state index contributed by atoms with van der Waals surface area (Å²) in [4.78, 5) is 0. The summed E-state index contributed by atoms with van der Waals surface area (Å²) >= 11 is 0. The summed E-state index contributed by atoms with van der Waals surface area (Å²) in [6.45, 7) is 0. The first-order chi connectivity index (χ1) is 5.25. The molecule has 1 aromatic carbocycles. The molecule has 0 bridgehead atoms. The van der Waals surface area contributed by atoms with Crippen LogP contribution in [-0.4, -0.2) is 0 Å². The standard InChI is InChI=1S/C6H5F3N2/c7-10-5-3-1-2-4-6(5)11(8)9/h1-4,10H. The Hall–Kier alpha value is -1.39. The van der Waals surface area contributed by atoms with Crippen molar-refractivity contribution in [1.82, 2.24) is 0 Å². The molecule has 1 rings (SSSR count). The number of nitrogens with one attached hydrogen (secondary N) is 1. The molecule has 0 saturated heterocycles. The maximum atomic E-state index is 11.8. The normalized spacial score (nSPS) is 9.36. The third-order valence-corrected chi connectivity index (χ3v) is 1.19. The SMILES string of the molecule is FNc1ccccc1N(F)F. The van der Waals surface area contributed by atoms with E-state index in [4.69, 9.17) is 0 Å². The molecule has 11 heavy (non-hydrogen) atoms. The van der Waals surface area contributed by atoms with Gasteiger partial charge in [-0.05, 0) is 17.5 Å². The van der Waals surface area contributed by atoms with Crippen LogP contribution in [0.25, 0.3) is 0 Å². The minimum Gasteiger partial charge on any atom is -0.222 e. The third kappa shape index (κ3) is 1.54. The number of rotatable bonds is 2. The van der Waals surface area contributed by atoms with E-state index in [2.05, 4.69) is 0 Å². The molecular weight excluding hydrogens is 157 g/mol. The van der Waals surface area contributed by atoms with Gasteiger partial charge in [0.25, 0.3) is 0 Å². The minimum atomic E-state index is -1.15. The van der Waals surface area contributed by atoms with Gasteiger partial charge in [0.15, 0.2) is 0 Å². The first-order valence-corrected chi connectivity index (χ1v) is 2.83. The van der Waals surface area contributed by atoms with Gasteiger partial charge in [-0.25, -0.2) is 5.54 Å². The summed E-state index contributed by atoms with van der Waals surface area (Å²) in [6.07, 6.45) is 0. The lowest BCUT2D eigenvalue weighted by atomic mass is 10.3. The van der Waals surface area contributed by atoms with Gasteiger partial charge in [0.1, 0.15) is 5.69 Å². The second-order valence-electron chi connectivity index (χ2n) is 1.84. The van der Waals surface area contributed by atoms with Gasteiger partial charge in [-0.2, -0.15) is 0 Å². The zero-order chi connectivity index (χ0) is 8.27. The van der Waals surface area contributed by atoms with Crippen molar-refractivity contribution in [3.8, 4) is 0 Å². The molecule has 60 valence electrons.